The largest absolute Gasteiger partial charge is 0.362 e. The minimum Gasteiger partial charge on any atom is -0.362 e. The third kappa shape index (κ3) is 2.78. The van der Waals surface area contributed by atoms with Crippen molar-refractivity contribution in [3.05, 3.63) is 69.0 Å². The van der Waals surface area contributed by atoms with Crippen LogP contribution in [0.3, 0.4) is 0 Å². The lowest BCUT2D eigenvalue weighted by molar-refractivity contribution is -0.384. The van der Waals surface area contributed by atoms with Gasteiger partial charge in [0, 0.05) is 20.2 Å². The number of fused-ring (bicyclic) bond motifs is 2. The maximum absolute atomic E-state index is 11.9. The van der Waals surface area contributed by atoms with Crippen LogP contribution in [0, 0.1) is 10.1 Å². The van der Waals surface area contributed by atoms with Crippen LogP contribution in [0.15, 0.2) is 47.5 Å². The molecule has 0 aliphatic heterocycles. The molecule has 1 N–H and O–H groups in total. The lowest BCUT2D eigenvalue weighted by Crippen LogP contribution is -2.20. The van der Waals surface area contributed by atoms with Gasteiger partial charge in [0.25, 0.3) is 11.2 Å². The average molecular weight is 364 g/mol. The van der Waals surface area contributed by atoms with Crippen LogP contribution in [-0.4, -0.2) is 31.5 Å². The molecule has 0 aliphatic rings. The lowest BCUT2D eigenvalue weighted by atomic mass is 10.1. The molecule has 9 heteroatoms. The van der Waals surface area contributed by atoms with E-state index in [1.165, 1.54) is 12.4 Å². The SMILES string of the molecule is CN(Cc1nc2ccccc2n1C)c1cc2nc[nH]c(=O)c2cc1[N+](=O)[O-]. The van der Waals surface area contributed by atoms with Crippen LogP contribution >= 0.6 is 0 Å². The Bertz CT molecular complexity index is 1240. The van der Waals surface area contributed by atoms with Crippen molar-refractivity contribution in [2.24, 2.45) is 7.05 Å². The smallest absolute Gasteiger partial charge is 0.293 e. The fourth-order valence-electron chi connectivity index (χ4n) is 3.18. The molecule has 0 amide bonds. The second-order valence-corrected chi connectivity index (χ2v) is 6.28. The summed E-state index contributed by atoms with van der Waals surface area (Å²) in [4.78, 5) is 35.9. The molecule has 0 saturated carbocycles. The van der Waals surface area contributed by atoms with E-state index in [-0.39, 0.29) is 11.1 Å². The molecule has 27 heavy (non-hydrogen) atoms. The highest BCUT2D eigenvalue weighted by atomic mass is 16.6. The molecule has 2 aromatic carbocycles. The average Bonchev–Trinajstić information content (AvgIpc) is 2.97. The molecule has 0 unspecified atom stereocenters. The standard InChI is InChI=1S/C18H16N6O3/c1-22(9-17-21-12-5-3-4-6-14(12)23(17)2)15-8-13-11(7-16(15)24(26)27)18(25)20-10-19-13/h3-8,10H,9H2,1-2H3,(H,19,20,25). The quantitative estimate of drug-likeness (QED) is 0.440. The topological polar surface area (TPSA) is 110 Å². The second-order valence-electron chi connectivity index (χ2n) is 6.28. The highest BCUT2D eigenvalue weighted by Gasteiger charge is 2.21. The Kier molecular flexibility index (Phi) is 3.84. The van der Waals surface area contributed by atoms with Crippen molar-refractivity contribution in [1.29, 1.82) is 0 Å². The number of hydrogen-bond donors (Lipinski definition) is 1. The van der Waals surface area contributed by atoms with E-state index in [1.54, 1.807) is 18.0 Å². The van der Waals surface area contributed by atoms with Gasteiger partial charge < -0.3 is 14.5 Å². The van der Waals surface area contributed by atoms with Crippen LogP contribution in [0.5, 0.6) is 0 Å². The molecular formula is C18H16N6O3. The maximum atomic E-state index is 11.9. The van der Waals surface area contributed by atoms with Gasteiger partial charge >= 0.3 is 0 Å². The number of hydrogen-bond acceptors (Lipinski definition) is 6. The predicted molar refractivity (Wildman–Crippen MR) is 102 cm³/mol. The monoisotopic (exact) mass is 364 g/mol. The summed E-state index contributed by atoms with van der Waals surface area (Å²) in [6, 6.07) is 10.6. The summed E-state index contributed by atoms with van der Waals surface area (Å²) < 4.78 is 1.96. The van der Waals surface area contributed by atoms with E-state index in [2.05, 4.69) is 15.0 Å². The molecular weight excluding hydrogens is 348 g/mol. The van der Waals surface area contributed by atoms with E-state index in [9.17, 15) is 14.9 Å². The van der Waals surface area contributed by atoms with Crippen LogP contribution in [0.4, 0.5) is 11.4 Å². The van der Waals surface area contributed by atoms with E-state index in [1.807, 2.05) is 35.9 Å². The summed E-state index contributed by atoms with van der Waals surface area (Å²) in [6.07, 6.45) is 1.28. The highest BCUT2D eigenvalue weighted by Crippen LogP contribution is 2.31. The molecule has 0 bridgehead atoms. The van der Waals surface area contributed by atoms with Gasteiger partial charge in [-0.1, -0.05) is 12.1 Å². The van der Waals surface area contributed by atoms with E-state index in [4.69, 9.17) is 0 Å². The summed E-state index contributed by atoms with van der Waals surface area (Å²) in [5.41, 5.74) is 2.07. The number of nitro groups is 1. The van der Waals surface area contributed by atoms with Crippen LogP contribution in [0.2, 0.25) is 0 Å². The van der Waals surface area contributed by atoms with Gasteiger partial charge in [-0.05, 0) is 18.2 Å². The molecule has 136 valence electrons. The summed E-state index contributed by atoms with van der Waals surface area (Å²) in [5, 5.41) is 11.8. The number of rotatable bonds is 4. The zero-order valence-corrected chi connectivity index (χ0v) is 14.7. The van der Waals surface area contributed by atoms with E-state index < -0.39 is 10.5 Å². The summed E-state index contributed by atoms with van der Waals surface area (Å²) >= 11 is 0. The van der Waals surface area contributed by atoms with E-state index >= 15 is 0 Å². The number of para-hydroxylation sites is 2. The lowest BCUT2D eigenvalue weighted by Gasteiger charge is -2.19. The van der Waals surface area contributed by atoms with Crippen LogP contribution in [0.1, 0.15) is 5.82 Å². The van der Waals surface area contributed by atoms with Gasteiger partial charge in [0.1, 0.15) is 11.5 Å². The van der Waals surface area contributed by atoms with Crippen molar-refractivity contribution in [2.75, 3.05) is 11.9 Å². The van der Waals surface area contributed by atoms with E-state index in [0.29, 0.717) is 17.7 Å². The minimum atomic E-state index is -0.493. The Morgan fingerprint density at radius 2 is 2.04 bits per heavy atom. The predicted octanol–water partition coefficient (Wildman–Crippen LogP) is 2.35. The number of H-pyrrole nitrogens is 1. The van der Waals surface area contributed by atoms with Crippen molar-refractivity contribution in [3.63, 3.8) is 0 Å². The van der Waals surface area contributed by atoms with Gasteiger partial charge in [-0.2, -0.15) is 0 Å². The first-order valence-corrected chi connectivity index (χ1v) is 8.23. The number of imidazole rings is 1. The number of benzene rings is 2. The molecule has 9 nitrogen and oxygen atoms in total. The molecule has 0 spiro atoms. The minimum absolute atomic E-state index is 0.151. The number of aromatic amines is 1. The number of nitrogens with one attached hydrogen (secondary N) is 1. The van der Waals surface area contributed by atoms with Crippen LogP contribution in [0.25, 0.3) is 21.9 Å². The Labute approximate surface area is 153 Å². The van der Waals surface area contributed by atoms with Crippen molar-refractivity contribution in [1.82, 2.24) is 19.5 Å². The molecule has 0 saturated heterocycles. The number of nitrogens with zero attached hydrogens (tertiary/aromatic N) is 5. The second kappa shape index (κ2) is 6.20. The first-order valence-electron chi connectivity index (χ1n) is 8.23. The van der Waals surface area contributed by atoms with Gasteiger partial charge in [0.2, 0.25) is 0 Å². The van der Waals surface area contributed by atoms with Gasteiger partial charge in [-0.25, -0.2) is 9.97 Å². The van der Waals surface area contributed by atoms with Gasteiger partial charge in [0.15, 0.2) is 0 Å². The van der Waals surface area contributed by atoms with Gasteiger partial charge in [-0.3, -0.25) is 14.9 Å². The van der Waals surface area contributed by atoms with Gasteiger partial charge in [-0.15, -0.1) is 0 Å². The van der Waals surface area contributed by atoms with Gasteiger partial charge in [0.05, 0.1) is 39.7 Å². The van der Waals surface area contributed by atoms with Crippen LogP contribution < -0.4 is 10.5 Å². The molecule has 0 radical (unpaired) electrons. The summed E-state index contributed by atoms with van der Waals surface area (Å²) in [6.45, 7) is 0.362. The van der Waals surface area contributed by atoms with E-state index in [0.717, 1.165) is 16.9 Å². The third-order valence-electron chi connectivity index (χ3n) is 4.60. The fraction of sp³-hybridized carbons (Fsp3) is 0.167. The molecule has 4 aromatic rings. The zero-order chi connectivity index (χ0) is 19.1. The third-order valence-corrected chi connectivity index (χ3v) is 4.60. The number of aromatic nitrogens is 4. The molecule has 0 fully saturated rings. The first kappa shape index (κ1) is 16.7. The van der Waals surface area contributed by atoms with Crippen molar-refractivity contribution in [2.45, 2.75) is 6.54 Å². The normalized spacial score (nSPS) is 11.2. The number of aryl methyl sites for hydroxylation is 1. The van der Waals surface area contributed by atoms with Crippen molar-refractivity contribution < 1.29 is 4.92 Å². The molecule has 0 atom stereocenters. The molecule has 4 rings (SSSR count). The number of nitro benzene ring substituents is 1. The Balaban J connectivity index is 1.80. The number of anilines is 1. The van der Waals surface area contributed by atoms with Crippen LogP contribution in [-0.2, 0) is 13.6 Å². The Morgan fingerprint density at radius 3 is 2.78 bits per heavy atom. The Hall–Kier alpha value is -3.75. The fourth-order valence-corrected chi connectivity index (χ4v) is 3.18. The molecule has 2 aromatic heterocycles. The summed E-state index contributed by atoms with van der Waals surface area (Å²) in [7, 11) is 3.66. The zero-order valence-electron chi connectivity index (χ0n) is 14.7. The molecule has 2 heterocycles. The molecule has 0 aliphatic carbocycles. The maximum Gasteiger partial charge on any atom is 0.293 e. The summed E-state index contributed by atoms with van der Waals surface area (Å²) in [5.74, 6) is 0.770. The first-order chi connectivity index (χ1) is 13.0. The van der Waals surface area contributed by atoms with Crippen molar-refractivity contribution >= 4 is 33.3 Å². The highest BCUT2D eigenvalue weighted by molar-refractivity contribution is 5.87. The Morgan fingerprint density at radius 1 is 1.26 bits per heavy atom. The van der Waals surface area contributed by atoms with Crippen molar-refractivity contribution in [3.8, 4) is 0 Å².